The second kappa shape index (κ2) is 8.31. The van der Waals surface area contributed by atoms with Crippen LogP contribution < -0.4 is 15.8 Å². The monoisotopic (exact) mass is 395 g/mol. The Morgan fingerprint density at radius 1 is 1.14 bits per heavy atom. The standard InChI is InChI=1S/C22H22ClN3O2/c1-13-7-8-17(9-14(13)2)22(27)26-19-6-4-5-16(10-19)15(3)28-20-11-18(23)12-25-21(20)24/h4-12,15H,1-3H3,(H2,24,25)(H,26,27). The number of anilines is 2. The minimum Gasteiger partial charge on any atom is -0.482 e. The number of carbonyl (C=O) groups excluding carboxylic acids is 1. The number of carbonyl (C=O) groups is 1. The van der Waals surface area contributed by atoms with Gasteiger partial charge in [-0.25, -0.2) is 4.98 Å². The lowest BCUT2D eigenvalue weighted by molar-refractivity contribution is 0.102. The topological polar surface area (TPSA) is 77.2 Å². The first kappa shape index (κ1) is 19.7. The number of nitrogens with zero attached hydrogens (tertiary/aromatic N) is 1. The molecule has 0 aliphatic carbocycles. The third-order valence-corrected chi connectivity index (χ3v) is 4.74. The van der Waals surface area contributed by atoms with Gasteiger partial charge in [0.1, 0.15) is 6.10 Å². The normalized spacial score (nSPS) is 11.7. The van der Waals surface area contributed by atoms with Gasteiger partial charge in [-0.1, -0.05) is 29.8 Å². The molecule has 0 aliphatic heterocycles. The molecule has 1 heterocycles. The Labute approximate surface area is 169 Å². The largest absolute Gasteiger partial charge is 0.482 e. The lowest BCUT2D eigenvalue weighted by Gasteiger charge is -2.17. The molecule has 0 radical (unpaired) electrons. The fraction of sp³-hybridized carbons (Fsp3) is 0.182. The van der Waals surface area contributed by atoms with E-state index in [9.17, 15) is 4.79 Å². The van der Waals surface area contributed by atoms with Crippen molar-refractivity contribution in [2.24, 2.45) is 0 Å². The van der Waals surface area contributed by atoms with E-state index in [-0.39, 0.29) is 17.8 Å². The van der Waals surface area contributed by atoms with Gasteiger partial charge in [-0.3, -0.25) is 4.79 Å². The number of ether oxygens (including phenoxy) is 1. The number of hydrogen-bond donors (Lipinski definition) is 2. The van der Waals surface area contributed by atoms with Crippen LogP contribution in [0, 0.1) is 13.8 Å². The molecule has 3 aromatic rings. The van der Waals surface area contributed by atoms with Crippen molar-refractivity contribution in [2.75, 3.05) is 11.1 Å². The molecule has 6 heteroatoms. The van der Waals surface area contributed by atoms with E-state index in [1.807, 2.05) is 63.2 Å². The highest BCUT2D eigenvalue weighted by Crippen LogP contribution is 2.29. The van der Waals surface area contributed by atoms with Crippen LogP contribution in [-0.2, 0) is 0 Å². The van der Waals surface area contributed by atoms with Crippen molar-refractivity contribution in [2.45, 2.75) is 26.9 Å². The zero-order valence-electron chi connectivity index (χ0n) is 16.0. The van der Waals surface area contributed by atoms with Gasteiger partial charge in [-0.2, -0.15) is 0 Å². The maximum Gasteiger partial charge on any atom is 0.255 e. The fourth-order valence-corrected chi connectivity index (χ4v) is 2.89. The molecule has 1 atom stereocenters. The fourth-order valence-electron chi connectivity index (χ4n) is 2.74. The molecule has 0 aliphatic rings. The summed E-state index contributed by atoms with van der Waals surface area (Å²) in [5, 5.41) is 3.38. The predicted octanol–water partition coefficient (Wildman–Crippen LogP) is 5.33. The number of halogens is 1. The number of nitrogens with one attached hydrogen (secondary N) is 1. The van der Waals surface area contributed by atoms with Crippen LogP contribution in [0.2, 0.25) is 5.02 Å². The van der Waals surface area contributed by atoms with Crippen LogP contribution in [0.4, 0.5) is 11.5 Å². The number of nitrogens with two attached hydrogens (primary N) is 1. The molecule has 3 N–H and O–H groups in total. The zero-order chi connectivity index (χ0) is 20.3. The van der Waals surface area contributed by atoms with Gasteiger partial charge in [0.25, 0.3) is 5.91 Å². The van der Waals surface area contributed by atoms with Gasteiger partial charge < -0.3 is 15.8 Å². The average molecular weight is 396 g/mol. The number of aryl methyl sites for hydroxylation is 2. The van der Waals surface area contributed by atoms with Gasteiger partial charge in [0, 0.05) is 23.5 Å². The van der Waals surface area contributed by atoms with Crippen LogP contribution in [0.3, 0.4) is 0 Å². The smallest absolute Gasteiger partial charge is 0.255 e. The van der Waals surface area contributed by atoms with Crippen molar-refractivity contribution in [1.82, 2.24) is 4.98 Å². The van der Waals surface area contributed by atoms with E-state index in [0.717, 1.165) is 16.7 Å². The first-order valence-electron chi connectivity index (χ1n) is 8.89. The molecule has 1 amide bonds. The Hall–Kier alpha value is -3.05. The van der Waals surface area contributed by atoms with E-state index in [2.05, 4.69) is 10.3 Å². The summed E-state index contributed by atoms with van der Waals surface area (Å²) in [6.45, 7) is 5.90. The maximum absolute atomic E-state index is 12.6. The van der Waals surface area contributed by atoms with Crippen LogP contribution in [0.5, 0.6) is 5.75 Å². The molecule has 0 bridgehead atoms. The summed E-state index contributed by atoms with van der Waals surface area (Å²) in [5.74, 6) is 0.539. The van der Waals surface area contributed by atoms with Crippen molar-refractivity contribution in [3.05, 3.63) is 82.0 Å². The van der Waals surface area contributed by atoms with E-state index < -0.39 is 0 Å². The van der Waals surface area contributed by atoms with Crippen molar-refractivity contribution in [1.29, 1.82) is 0 Å². The highest BCUT2D eigenvalue weighted by molar-refractivity contribution is 6.30. The molecule has 28 heavy (non-hydrogen) atoms. The van der Waals surface area contributed by atoms with Crippen LogP contribution in [0.15, 0.2) is 54.7 Å². The Morgan fingerprint density at radius 2 is 1.93 bits per heavy atom. The number of nitrogen functional groups attached to an aromatic ring is 1. The SMILES string of the molecule is Cc1ccc(C(=O)Nc2cccc(C(C)Oc3cc(Cl)cnc3N)c2)cc1C. The molecule has 0 saturated carbocycles. The molecule has 0 saturated heterocycles. The first-order chi connectivity index (χ1) is 13.3. The predicted molar refractivity (Wildman–Crippen MR) is 113 cm³/mol. The Balaban J connectivity index is 1.75. The summed E-state index contributed by atoms with van der Waals surface area (Å²) in [6.07, 6.45) is 1.17. The summed E-state index contributed by atoms with van der Waals surface area (Å²) < 4.78 is 5.90. The number of hydrogen-bond acceptors (Lipinski definition) is 4. The van der Waals surface area contributed by atoms with Gasteiger partial charge in [-0.05, 0) is 61.7 Å². The molecular formula is C22H22ClN3O2. The number of pyridine rings is 1. The summed E-state index contributed by atoms with van der Waals surface area (Å²) in [6, 6.07) is 14.8. The molecule has 1 aromatic heterocycles. The molecule has 0 spiro atoms. The average Bonchev–Trinajstić information content (AvgIpc) is 2.67. The van der Waals surface area contributed by atoms with Crippen molar-refractivity contribution >= 4 is 29.0 Å². The molecule has 1 unspecified atom stereocenters. The second-order valence-corrected chi connectivity index (χ2v) is 7.11. The Morgan fingerprint density at radius 3 is 2.68 bits per heavy atom. The quantitative estimate of drug-likeness (QED) is 0.612. The third kappa shape index (κ3) is 4.61. The summed E-state index contributed by atoms with van der Waals surface area (Å²) >= 11 is 5.96. The molecule has 144 valence electrons. The maximum atomic E-state index is 12.6. The Kier molecular flexibility index (Phi) is 5.85. The third-order valence-electron chi connectivity index (χ3n) is 4.54. The van der Waals surface area contributed by atoms with E-state index in [1.54, 1.807) is 6.07 Å². The Bertz CT molecular complexity index is 1020. The van der Waals surface area contributed by atoms with E-state index in [0.29, 0.717) is 22.0 Å². The van der Waals surface area contributed by atoms with Crippen molar-refractivity contribution in [3.8, 4) is 5.75 Å². The number of benzene rings is 2. The van der Waals surface area contributed by atoms with Crippen LogP contribution in [-0.4, -0.2) is 10.9 Å². The van der Waals surface area contributed by atoms with E-state index >= 15 is 0 Å². The molecule has 0 fully saturated rings. The molecular weight excluding hydrogens is 374 g/mol. The molecule has 5 nitrogen and oxygen atoms in total. The number of amides is 1. The highest BCUT2D eigenvalue weighted by atomic mass is 35.5. The zero-order valence-corrected chi connectivity index (χ0v) is 16.7. The summed E-state index contributed by atoms with van der Waals surface area (Å²) in [4.78, 5) is 16.5. The highest BCUT2D eigenvalue weighted by Gasteiger charge is 2.13. The molecule has 2 aromatic carbocycles. The first-order valence-corrected chi connectivity index (χ1v) is 9.27. The van der Waals surface area contributed by atoms with E-state index in [4.69, 9.17) is 22.1 Å². The summed E-state index contributed by atoms with van der Waals surface area (Å²) in [7, 11) is 0. The van der Waals surface area contributed by atoms with Crippen LogP contribution in [0.25, 0.3) is 0 Å². The van der Waals surface area contributed by atoms with Gasteiger partial charge in [0.2, 0.25) is 0 Å². The van der Waals surface area contributed by atoms with E-state index in [1.165, 1.54) is 6.20 Å². The minimum absolute atomic E-state index is 0.155. The number of rotatable bonds is 5. The lowest BCUT2D eigenvalue weighted by Crippen LogP contribution is -2.13. The summed E-state index contributed by atoms with van der Waals surface area (Å²) in [5.41, 5.74) is 10.3. The van der Waals surface area contributed by atoms with Crippen LogP contribution >= 0.6 is 11.6 Å². The van der Waals surface area contributed by atoms with Gasteiger partial charge in [0.05, 0.1) is 5.02 Å². The van der Waals surface area contributed by atoms with Crippen LogP contribution in [0.1, 0.15) is 40.1 Å². The number of aromatic nitrogens is 1. The minimum atomic E-state index is -0.305. The van der Waals surface area contributed by atoms with Gasteiger partial charge in [-0.15, -0.1) is 0 Å². The van der Waals surface area contributed by atoms with Crippen molar-refractivity contribution < 1.29 is 9.53 Å². The van der Waals surface area contributed by atoms with Gasteiger partial charge >= 0.3 is 0 Å². The van der Waals surface area contributed by atoms with Crippen molar-refractivity contribution in [3.63, 3.8) is 0 Å². The second-order valence-electron chi connectivity index (χ2n) is 6.68. The lowest BCUT2D eigenvalue weighted by atomic mass is 10.1. The molecule has 3 rings (SSSR count). The van der Waals surface area contributed by atoms with Gasteiger partial charge in [0.15, 0.2) is 11.6 Å².